The fourth-order valence-electron chi connectivity index (χ4n) is 2.79. The van der Waals surface area contributed by atoms with E-state index in [1.54, 1.807) is 18.2 Å². The second-order valence-corrected chi connectivity index (χ2v) is 6.68. The van der Waals surface area contributed by atoms with Crippen LogP contribution in [-0.2, 0) is 11.3 Å². The zero-order valence-electron chi connectivity index (χ0n) is 14.1. The molecule has 26 heavy (non-hydrogen) atoms. The highest BCUT2D eigenvalue weighted by molar-refractivity contribution is 6.33. The van der Waals surface area contributed by atoms with E-state index >= 15 is 0 Å². The minimum Gasteiger partial charge on any atom is -0.445 e. The first-order valence-electron chi connectivity index (χ1n) is 8.34. The number of carbonyl (C=O) groups excluding carboxylic acids is 2. The fraction of sp³-hybridized carbons (Fsp3) is 0.263. The van der Waals surface area contributed by atoms with Crippen LogP contribution in [0.3, 0.4) is 0 Å². The minimum absolute atomic E-state index is 0.0499. The zero-order chi connectivity index (χ0) is 18.5. The van der Waals surface area contributed by atoms with Crippen molar-refractivity contribution in [2.24, 2.45) is 5.73 Å². The summed E-state index contributed by atoms with van der Waals surface area (Å²) < 4.78 is 5.21. The van der Waals surface area contributed by atoms with Crippen LogP contribution in [0.2, 0.25) is 5.02 Å². The van der Waals surface area contributed by atoms with Crippen molar-refractivity contribution in [1.29, 1.82) is 0 Å². The molecule has 0 spiro atoms. The fourth-order valence-corrected chi connectivity index (χ4v) is 2.97. The Balaban J connectivity index is 1.42. The van der Waals surface area contributed by atoms with Crippen LogP contribution >= 0.6 is 11.6 Å². The highest BCUT2D eigenvalue weighted by Crippen LogP contribution is 2.29. The molecule has 0 radical (unpaired) electrons. The Morgan fingerprint density at radius 2 is 1.85 bits per heavy atom. The Morgan fingerprint density at radius 1 is 1.12 bits per heavy atom. The van der Waals surface area contributed by atoms with Gasteiger partial charge in [0.25, 0.3) is 0 Å². The average molecular weight is 374 g/mol. The lowest BCUT2D eigenvalue weighted by Gasteiger charge is -2.36. The van der Waals surface area contributed by atoms with Gasteiger partial charge in [0.05, 0.1) is 10.7 Å². The molecule has 136 valence electrons. The van der Waals surface area contributed by atoms with Crippen molar-refractivity contribution in [3.63, 3.8) is 0 Å². The summed E-state index contributed by atoms with van der Waals surface area (Å²) in [6.07, 6.45) is 1.07. The van der Waals surface area contributed by atoms with E-state index in [0.717, 1.165) is 18.4 Å². The van der Waals surface area contributed by atoms with Crippen LogP contribution in [-0.4, -0.2) is 24.1 Å². The molecule has 0 atom stereocenters. The predicted molar refractivity (Wildman–Crippen MR) is 100 cm³/mol. The van der Waals surface area contributed by atoms with Crippen molar-refractivity contribution in [2.75, 3.05) is 5.32 Å². The van der Waals surface area contributed by atoms with E-state index < -0.39 is 12.0 Å². The maximum absolute atomic E-state index is 11.8. The summed E-state index contributed by atoms with van der Waals surface area (Å²) in [5.41, 5.74) is 7.29. The van der Waals surface area contributed by atoms with E-state index in [4.69, 9.17) is 22.1 Å². The smallest absolute Gasteiger partial charge is 0.407 e. The van der Waals surface area contributed by atoms with Gasteiger partial charge in [-0.3, -0.25) is 4.79 Å². The van der Waals surface area contributed by atoms with E-state index in [1.165, 1.54) is 0 Å². The van der Waals surface area contributed by atoms with E-state index in [2.05, 4.69) is 10.6 Å². The summed E-state index contributed by atoms with van der Waals surface area (Å²) in [7, 11) is 0. The monoisotopic (exact) mass is 373 g/mol. The summed E-state index contributed by atoms with van der Waals surface area (Å²) in [5.74, 6) is -0.501. The van der Waals surface area contributed by atoms with Crippen molar-refractivity contribution in [1.82, 2.24) is 5.32 Å². The lowest BCUT2D eigenvalue weighted by atomic mass is 9.86. The standard InChI is InChI=1S/C19H20ClN3O3/c20-16-7-6-13(18(21)24)8-17(16)22-14-9-15(10-14)23-19(25)26-11-12-4-2-1-3-5-12/h1-8,14-15,22H,9-11H2,(H2,21,24)(H,23,25). The molecule has 0 bridgehead atoms. The van der Waals surface area contributed by atoms with Crippen LogP contribution < -0.4 is 16.4 Å². The van der Waals surface area contributed by atoms with Gasteiger partial charge in [-0.15, -0.1) is 0 Å². The van der Waals surface area contributed by atoms with E-state index in [9.17, 15) is 9.59 Å². The van der Waals surface area contributed by atoms with Crippen molar-refractivity contribution in [3.8, 4) is 0 Å². The largest absolute Gasteiger partial charge is 0.445 e. The Hall–Kier alpha value is -2.73. The Labute approximate surface area is 156 Å². The predicted octanol–water partition coefficient (Wildman–Crippen LogP) is 3.31. The summed E-state index contributed by atoms with van der Waals surface area (Å²) in [5, 5.41) is 6.63. The normalized spacial score (nSPS) is 18.5. The van der Waals surface area contributed by atoms with Crippen LogP contribution in [0.4, 0.5) is 10.5 Å². The molecule has 2 aromatic carbocycles. The molecule has 0 saturated heterocycles. The Morgan fingerprint density at radius 3 is 2.54 bits per heavy atom. The number of benzene rings is 2. The molecule has 0 aliphatic heterocycles. The van der Waals surface area contributed by atoms with Crippen molar-refractivity contribution in [3.05, 3.63) is 64.7 Å². The number of anilines is 1. The third kappa shape index (κ3) is 4.67. The number of hydrogen-bond acceptors (Lipinski definition) is 4. The number of ether oxygens (including phenoxy) is 1. The second kappa shape index (κ2) is 8.10. The molecule has 7 heteroatoms. The maximum atomic E-state index is 11.8. The summed E-state index contributed by atoms with van der Waals surface area (Å²) in [6.45, 7) is 0.247. The molecular formula is C19H20ClN3O3. The molecule has 2 amide bonds. The van der Waals surface area contributed by atoms with Crippen molar-refractivity contribution in [2.45, 2.75) is 31.5 Å². The average Bonchev–Trinajstić information content (AvgIpc) is 2.60. The second-order valence-electron chi connectivity index (χ2n) is 6.27. The lowest BCUT2D eigenvalue weighted by Crippen LogP contribution is -2.49. The van der Waals surface area contributed by atoms with Gasteiger partial charge in [-0.1, -0.05) is 41.9 Å². The zero-order valence-corrected chi connectivity index (χ0v) is 14.8. The molecule has 4 N–H and O–H groups in total. The molecule has 1 aliphatic rings. The van der Waals surface area contributed by atoms with Gasteiger partial charge in [0.2, 0.25) is 5.91 Å². The number of halogens is 1. The third-order valence-corrected chi connectivity index (χ3v) is 4.61. The molecule has 0 aromatic heterocycles. The van der Waals surface area contributed by atoms with Crippen LogP contribution in [0.5, 0.6) is 0 Å². The lowest BCUT2D eigenvalue weighted by molar-refractivity contribution is 0.1000. The molecule has 2 aromatic rings. The van der Waals surface area contributed by atoms with Gasteiger partial charge in [-0.25, -0.2) is 4.79 Å². The van der Waals surface area contributed by atoms with Gasteiger partial charge in [0, 0.05) is 17.6 Å². The first-order valence-corrected chi connectivity index (χ1v) is 8.72. The number of rotatable bonds is 6. The van der Waals surface area contributed by atoms with E-state index in [1.807, 2.05) is 30.3 Å². The van der Waals surface area contributed by atoms with E-state index in [-0.39, 0.29) is 18.7 Å². The SMILES string of the molecule is NC(=O)c1ccc(Cl)c(NC2CC(NC(=O)OCc3ccccc3)C2)c1. The van der Waals surface area contributed by atoms with Crippen LogP contribution in [0.1, 0.15) is 28.8 Å². The number of amides is 2. The number of carbonyl (C=O) groups is 2. The van der Waals surface area contributed by atoms with Crippen molar-refractivity contribution >= 4 is 29.3 Å². The Kier molecular flexibility index (Phi) is 5.63. The summed E-state index contributed by atoms with van der Waals surface area (Å²) >= 11 is 6.14. The maximum Gasteiger partial charge on any atom is 0.407 e. The molecule has 1 aliphatic carbocycles. The van der Waals surface area contributed by atoms with E-state index in [0.29, 0.717) is 16.3 Å². The van der Waals surface area contributed by atoms with Crippen molar-refractivity contribution < 1.29 is 14.3 Å². The van der Waals surface area contributed by atoms with Gasteiger partial charge in [-0.05, 0) is 36.6 Å². The number of primary amides is 1. The number of nitrogens with two attached hydrogens (primary N) is 1. The molecule has 1 saturated carbocycles. The van der Waals surface area contributed by atoms with Gasteiger partial charge in [0.1, 0.15) is 6.61 Å². The highest BCUT2D eigenvalue weighted by Gasteiger charge is 2.31. The van der Waals surface area contributed by atoms with Crippen LogP contribution in [0.15, 0.2) is 48.5 Å². The molecule has 0 unspecified atom stereocenters. The topological polar surface area (TPSA) is 93.5 Å². The minimum atomic E-state index is -0.501. The molecule has 0 heterocycles. The Bertz CT molecular complexity index is 792. The molecule has 3 rings (SSSR count). The molecular weight excluding hydrogens is 354 g/mol. The van der Waals surface area contributed by atoms with Gasteiger partial charge in [-0.2, -0.15) is 0 Å². The first-order chi connectivity index (χ1) is 12.5. The molecule has 6 nitrogen and oxygen atoms in total. The van der Waals surface area contributed by atoms with Gasteiger partial charge < -0.3 is 21.1 Å². The number of alkyl carbamates (subject to hydrolysis) is 1. The van der Waals surface area contributed by atoms with Crippen LogP contribution in [0, 0.1) is 0 Å². The third-order valence-electron chi connectivity index (χ3n) is 4.28. The molecule has 1 fully saturated rings. The summed E-state index contributed by atoms with van der Waals surface area (Å²) in [6, 6.07) is 14.6. The summed E-state index contributed by atoms with van der Waals surface area (Å²) in [4.78, 5) is 23.1. The highest BCUT2D eigenvalue weighted by atomic mass is 35.5. The first kappa shape index (κ1) is 18.1. The number of nitrogens with one attached hydrogen (secondary N) is 2. The van der Waals surface area contributed by atoms with Gasteiger partial charge >= 0.3 is 6.09 Å². The number of hydrogen-bond donors (Lipinski definition) is 3. The quantitative estimate of drug-likeness (QED) is 0.724. The van der Waals surface area contributed by atoms with Gasteiger partial charge in [0.15, 0.2) is 0 Å². The van der Waals surface area contributed by atoms with Crippen LogP contribution in [0.25, 0.3) is 0 Å².